The Kier molecular flexibility index (Phi) is 6.88. The normalized spacial score (nSPS) is 14.0. The SMILES string of the molecule is CCCCCCON1NN=C(c2ccccc2)C(OC)=C1c1ccccc1. The number of hydrazine groups is 1. The van der Waals surface area contributed by atoms with Crippen LogP contribution in [0.25, 0.3) is 5.70 Å². The average Bonchev–Trinajstić information content (AvgIpc) is 2.74. The Balaban J connectivity index is 1.90. The maximum absolute atomic E-state index is 5.99. The quantitative estimate of drug-likeness (QED) is 0.652. The molecule has 2 aromatic carbocycles. The Morgan fingerprint density at radius 3 is 2.19 bits per heavy atom. The van der Waals surface area contributed by atoms with Crippen LogP contribution in [0.3, 0.4) is 0 Å². The zero-order valence-electron chi connectivity index (χ0n) is 16.0. The summed E-state index contributed by atoms with van der Waals surface area (Å²) in [6.45, 7) is 2.82. The number of methoxy groups -OCH3 is 1. The van der Waals surface area contributed by atoms with Gasteiger partial charge in [0.05, 0.1) is 13.7 Å². The lowest BCUT2D eigenvalue weighted by Gasteiger charge is -2.31. The second-order valence-electron chi connectivity index (χ2n) is 6.36. The van der Waals surface area contributed by atoms with E-state index >= 15 is 0 Å². The van der Waals surface area contributed by atoms with Crippen LogP contribution in [0.15, 0.2) is 71.5 Å². The first-order valence-electron chi connectivity index (χ1n) is 9.51. The summed E-state index contributed by atoms with van der Waals surface area (Å²) in [5.41, 5.74) is 6.59. The summed E-state index contributed by atoms with van der Waals surface area (Å²) in [5, 5.41) is 6.13. The maximum Gasteiger partial charge on any atom is 0.175 e. The van der Waals surface area contributed by atoms with E-state index < -0.39 is 0 Å². The molecule has 0 atom stereocenters. The molecule has 0 spiro atoms. The molecule has 2 aromatic rings. The van der Waals surface area contributed by atoms with Crippen molar-refractivity contribution >= 4 is 11.4 Å². The Labute approximate surface area is 161 Å². The Morgan fingerprint density at radius 2 is 1.56 bits per heavy atom. The van der Waals surface area contributed by atoms with Crippen molar-refractivity contribution in [2.24, 2.45) is 5.10 Å². The minimum Gasteiger partial charge on any atom is -0.492 e. The molecule has 1 N–H and O–H groups in total. The van der Waals surface area contributed by atoms with E-state index in [1.807, 2.05) is 60.7 Å². The minimum absolute atomic E-state index is 0.622. The predicted octanol–water partition coefficient (Wildman–Crippen LogP) is 4.74. The van der Waals surface area contributed by atoms with Crippen molar-refractivity contribution in [2.45, 2.75) is 32.6 Å². The summed E-state index contributed by atoms with van der Waals surface area (Å²) in [5.74, 6) is 0.680. The van der Waals surface area contributed by atoms with Gasteiger partial charge in [-0.3, -0.25) is 4.84 Å². The van der Waals surface area contributed by atoms with Crippen LogP contribution < -0.4 is 5.53 Å². The van der Waals surface area contributed by atoms with Gasteiger partial charge in [-0.05, 0) is 6.42 Å². The maximum atomic E-state index is 5.99. The van der Waals surface area contributed by atoms with Crippen molar-refractivity contribution in [1.29, 1.82) is 0 Å². The third-order valence-electron chi connectivity index (χ3n) is 4.40. The number of nitrogens with zero attached hydrogens (tertiary/aromatic N) is 2. The summed E-state index contributed by atoms with van der Waals surface area (Å²) in [6, 6.07) is 20.1. The van der Waals surface area contributed by atoms with Gasteiger partial charge in [-0.2, -0.15) is 10.6 Å². The summed E-state index contributed by atoms with van der Waals surface area (Å²) in [4.78, 5) is 5.99. The number of hydrogen-bond donors (Lipinski definition) is 1. The van der Waals surface area contributed by atoms with E-state index in [1.165, 1.54) is 12.8 Å². The van der Waals surface area contributed by atoms with Crippen LogP contribution in [0.1, 0.15) is 43.7 Å². The van der Waals surface area contributed by atoms with Crippen LogP contribution in [0.4, 0.5) is 0 Å². The van der Waals surface area contributed by atoms with Gasteiger partial charge in [0.1, 0.15) is 11.4 Å². The zero-order valence-corrected chi connectivity index (χ0v) is 16.0. The monoisotopic (exact) mass is 365 g/mol. The first-order valence-corrected chi connectivity index (χ1v) is 9.51. The first kappa shape index (κ1) is 19.0. The van der Waals surface area contributed by atoms with E-state index in [0.717, 1.165) is 35.4 Å². The molecule has 0 bridgehead atoms. The van der Waals surface area contributed by atoms with E-state index in [-0.39, 0.29) is 0 Å². The van der Waals surface area contributed by atoms with Gasteiger partial charge in [0, 0.05) is 11.1 Å². The Hall–Kier alpha value is -2.79. The lowest BCUT2D eigenvalue weighted by atomic mass is 10.0. The number of allylic oxidation sites excluding steroid dienone is 1. The summed E-state index contributed by atoms with van der Waals surface area (Å²) < 4.78 is 5.79. The van der Waals surface area contributed by atoms with Crippen LogP contribution >= 0.6 is 0 Å². The molecule has 0 aromatic heterocycles. The minimum atomic E-state index is 0.622. The van der Waals surface area contributed by atoms with Crippen molar-refractivity contribution in [3.8, 4) is 0 Å². The van der Waals surface area contributed by atoms with Gasteiger partial charge < -0.3 is 4.74 Å². The predicted molar refractivity (Wildman–Crippen MR) is 108 cm³/mol. The van der Waals surface area contributed by atoms with Crippen LogP contribution in [0.2, 0.25) is 0 Å². The van der Waals surface area contributed by atoms with E-state index in [0.29, 0.717) is 12.4 Å². The molecule has 0 saturated heterocycles. The number of benzene rings is 2. The van der Waals surface area contributed by atoms with Gasteiger partial charge in [0.15, 0.2) is 5.76 Å². The van der Waals surface area contributed by atoms with Gasteiger partial charge in [0.25, 0.3) is 0 Å². The van der Waals surface area contributed by atoms with Gasteiger partial charge in [-0.1, -0.05) is 86.8 Å². The fourth-order valence-electron chi connectivity index (χ4n) is 3.01. The number of rotatable bonds is 9. The number of hydrogen-bond acceptors (Lipinski definition) is 5. The van der Waals surface area contributed by atoms with Crippen LogP contribution in [0.5, 0.6) is 0 Å². The highest BCUT2D eigenvalue weighted by Gasteiger charge is 2.27. The molecule has 27 heavy (non-hydrogen) atoms. The highest BCUT2D eigenvalue weighted by Crippen LogP contribution is 2.28. The largest absolute Gasteiger partial charge is 0.492 e. The molecule has 0 amide bonds. The third-order valence-corrected chi connectivity index (χ3v) is 4.40. The lowest BCUT2D eigenvalue weighted by Crippen LogP contribution is -2.39. The topological polar surface area (TPSA) is 46.1 Å². The van der Waals surface area contributed by atoms with Gasteiger partial charge in [-0.15, -0.1) is 5.17 Å². The third kappa shape index (κ3) is 4.68. The van der Waals surface area contributed by atoms with E-state index in [2.05, 4.69) is 17.6 Å². The van der Waals surface area contributed by atoms with Crippen LogP contribution in [-0.2, 0) is 9.57 Å². The van der Waals surface area contributed by atoms with Gasteiger partial charge >= 0.3 is 0 Å². The van der Waals surface area contributed by atoms with Crippen molar-refractivity contribution in [3.05, 3.63) is 77.5 Å². The van der Waals surface area contributed by atoms with Crippen LogP contribution in [-0.4, -0.2) is 24.6 Å². The van der Waals surface area contributed by atoms with Crippen molar-refractivity contribution in [3.63, 3.8) is 0 Å². The summed E-state index contributed by atoms with van der Waals surface area (Å²) in [6.07, 6.45) is 4.59. The van der Waals surface area contributed by atoms with E-state index in [1.54, 1.807) is 12.3 Å². The summed E-state index contributed by atoms with van der Waals surface area (Å²) >= 11 is 0. The molecule has 1 aliphatic heterocycles. The van der Waals surface area contributed by atoms with E-state index in [9.17, 15) is 0 Å². The molecular weight excluding hydrogens is 338 g/mol. The fourth-order valence-corrected chi connectivity index (χ4v) is 3.01. The Bertz CT molecular complexity index is 773. The number of ether oxygens (including phenoxy) is 1. The number of nitrogens with one attached hydrogen (secondary N) is 1. The standard InChI is InChI=1S/C22H27N3O2/c1-3-4-5-12-17-27-25-21(19-15-10-7-11-16-19)22(26-2)20(23-24-25)18-13-8-6-9-14-18/h6-11,13-16,24H,3-5,12,17H2,1-2H3. The van der Waals surface area contributed by atoms with E-state index in [4.69, 9.17) is 9.57 Å². The molecule has 0 radical (unpaired) electrons. The van der Waals surface area contributed by atoms with Crippen molar-refractivity contribution in [2.75, 3.05) is 13.7 Å². The molecule has 0 unspecified atom stereocenters. The molecule has 1 aliphatic rings. The number of hydrazone groups is 1. The molecule has 5 nitrogen and oxygen atoms in total. The second kappa shape index (κ2) is 9.78. The highest BCUT2D eigenvalue weighted by molar-refractivity contribution is 6.15. The second-order valence-corrected chi connectivity index (χ2v) is 6.36. The molecule has 142 valence electrons. The average molecular weight is 365 g/mol. The molecule has 0 fully saturated rings. The van der Waals surface area contributed by atoms with Crippen LogP contribution in [0, 0.1) is 0 Å². The zero-order chi connectivity index (χ0) is 18.9. The molecule has 0 saturated carbocycles. The van der Waals surface area contributed by atoms with Crippen molar-refractivity contribution in [1.82, 2.24) is 10.7 Å². The smallest absolute Gasteiger partial charge is 0.175 e. The van der Waals surface area contributed by atoms with Crippen molar-refractivity contribution < 1.29 is 9.57 Å². The van der Waals surface area contributed by atoms with Gasteiger partial charge in [-0.25, -0.2) is 0 Å². The molecule has 0 aliphatic carbocycles. The lowest BCUT2D eigenvalue weighted by molar-refractivity contribution is -0.150. The number of hydroxylamine groups is 1. The molecular formula is C22H27N3O2. The number of unbranched alkanes of at least 4 members (excludes halogenated alkanes) is 3. The summed E-state index contributed by atoms with van der Waals surface area (Å²) in [7, 11) is 1.67. The molecule has 1 heterocycles. The first-order chi connectivity index (χ1) is 13.3. The highest BCUT2D eigenvalue weighted by atomic mass is 16.7. The molecule has 5 heteroatoms. The molecule has 3 rings (SSSR count). The van der Waals surface area contributed by atoms with Gasteiger partial charge in [0.2, 0.25) is 0 Å². The fraction of sp³-hybridized carbons (Fsp3) is 0.318. The Morgan fingerprint density at radius 1 is 0.889 bits per heavy atom.